The molecule has 39 heavy (non-hydrogen) atoms. The van der Waals surface area contributed by atoms with Crippen molar-refractivity contribution in [2.24, 2.45) is 5.92 Å². The van der Waals surface area contributed by atoms with Crippen molar-refractivity contribution in [1.82, 2.24) is 30.9 Å². The Kier molecular flexibility index (Phi) is 11.7. The molecule has 0 bridgehead atoms. The minimum Gasteiger partial charge on any atom is -0.598 e. The van der Waals surface area contributed by atoms with Gasteiger partial charge in [-0.25, -0.2) is 4.39 Å². The number of rotatable bonds is 10. The summed E-state index contributed by atoms with van der Waals surface area (Å²) in [5, 5.41) is 15.1. The average Bonchev–Trinajstić information content (AvgIpc) is 2.89. The zero-order chi connectivity index (χ0) is 28.0. The van der Waals surface area contributed by atoms with Crippen LogP contribution in [0.25, 0.3) is 0 Å². The number of sulfonamides is 1. The molecular weight excluding hydrogens is 564 g/mol. The fourth-order valence-corrected chi connectivity index (χ4v) is 8.00. The lowest BCUT2D eigenvalue weighted by atomic mass is 9.88. The molecule has 0 aromatic heterocycles. The SMILES string of the molecule is O=[S+]([O-])(CCC1CCCCC1)N1CCC(NC2NC(NC3CCC(F)C(Cl)C3)NC(OCC(F)(F)F)N2)CC1. The summed E-state index contributed by atoms with van der Waals surface area (Å²) < 4.78 is 84.6. The molecule has 2 saturated heterocycles. The van der Waals surface area contributed by atoms with Gasteiger partial charge >= 0.3 is 6.18 Å². The van der Waals surface area contributed by atoms with E-state index in [1.165, 1.54) is 19.3 Å². The first-order valence-corrected chi connectivity index (χ1v) is 16.3. The van der Waals surface area contributed by atoms with Crippen molar-refractivity contribution in [3.8, 4) is 0 Å². The van der Waals surface area contributed by atoms with Gasteiger partial charge in [0.2, 0.25) is 0 Å². The van der Waals surface area contributed by atoms with Crippen molar-refractivity contribution >= 4 is 22.0 Å². The molecule has 5 N–H and O–H groups in total. The smallest absolute Gasteiger partial charge is 0.411 e. The second-order valence-electron chi connectivity index (χ2n) is 11.3. The molecule has 0 aromatic carbocycles. The Morgan fingerprint density at radius 3 is 2.21 bits per heavy atom. The van der Waals surface area contributed by atoms with Crippen molar-refractivity contribution < 1.29 is 31.1 Å². The van der Waals surface area contributed by atoms with Gasteiger partial charge in [-0.05, 0) is 44.4 Å². The zero-order valence-corrected chi connectivity index (χ0v) is 23.8. The van der Waals surface area contributed by atoms with Gasteiger partial charge in [-0.3, -0.25) is 26.6 Å². The summed E-state index contributed by atoms with van der Waals surface area (Å²) in [6.07, 6.45) is 1.10. The summed E-state index contributed by atoms with van der Waals surface area (Å²) in [7, 11) is -3.31. The molecule has 0 spiro atoms. The molecule has 9 nitrogen and oxygen atoms in total. The molecule has 2 saturated carbocycles. The maximum absolute atomic E-state index is 13.8. The van der Waals surface area contributed by atoms with Crippen molar-refractivity contribution in [3.05, 3.63) is 0 Å². The monoisotopic (exact) mass is 606 g/mol. The first kappa shape index (κ1) is 31.8. The number of nitrogens with zero attached hydrogens (tertiary/aromatic N) is 1. The van der Waals surface area contributed by atoms with Gasteiger partial charge < -0.3 is 9.29 Å². The van der Waals surface area contributed by atoms with Crippen LogP contribution in [0.1, 0.15) is 70.6 Å². The van der Waals surface area contributed by atoms with E-state index in [1.807, 2.05) is 0 Å². The summed E-state index contributed by atoms with van der Waals surface area (Å²) >= 11 is 6.09. The molecule has 228 valence electrons. The Hall–Kier alpha value is -0.160. The Morgan fingerprint density at radius 2 is 1.59 bits per heavy atom. The van der Waals surface area contributed by atoms with E-state index in [0.717, 1.165) is 12.8 Å². The zero-order valence-electron chi connectivity index (χ0n) is 22.2. The topological polar surface area (TPSA) is 113 Å². The standard InChI is InChI=1S/C24H43ClF4N6O3S/c25-19-14-18(6-7-20(19)26)31-22-32-21(33-23(34-22)38-15-24(27,28)29)30-17-8-11-35(12-9-17)39(36,37)13-10-16-4-2-1-3-5-16/h16-23,30-34H,1-15H2. The van der Waals surface area contributed by atoms with Gasteiger partial charge in [-0.15, -0.1) is 15.9 Å². The lowest BCUT2D eigenvalue weighted by Crippen LogP contribution is -2.76. The first-order valence-electron chi connectivity index (χ1n) is 14.2. The minimum absolute atomic E-state index is 0.0454. The molecule has 2 aliphatic heterocycles. The van der Waals surface area contributed by atoms with Crippen LogP contribution in [0.5, 0.6) is 0 Å². The van der Waals surface area contributed by atoms with Gasteiger partial charge in [-0.1, -0.05) is 36.3 Å². The third-order valence-electron chi connectivity index (χ3n) is 8.24. The van der Waals surface area contributed by atoms with Gasteiger partial charge in [0.05, 0.1) is 5.38 Å². The molecule has 7 unspecified atom stereocenters. The number of hydrogen-bond donors (Lipinski definition) is 5. The molecular formula is C24H43ClF4N6O3S. The predicted molar refractivity (Wildman–Crippen MR) is 141 cm³/mol. The van der Waals surface area contributed by atoms with Crippen LogP contribution in [-0.2, 0) is 19.3 Å². The van der Waals surface area contributed by atoms with Crippen LogP contribution in [0.15, 0.2) is 0 Å². The second kappa shape index (κ2) is 14.3. The number of piperidine rings is 1. The highest BCUT2D eigenvalue weighted by Gasteiger charge is 2.37. The summed E-state index contributed by atoms with van der Waals surface area (Å²) in [5.74, 6) is 0.688. The molecule has 0 amide bonds. The predicted octanol–water partition coefficient (Wildman–Crippen LogP) is 2.86. The number of alkyl halides is 5. The largest absolute Gasteiger partial charge is 0.598 e. The molecule has 2 aliphatic carbocycles. The average molecular weight is 607 g/mol. The molecule has 0 aromatic rings. The summed E-state index contributed by atoms with van der Waals surface area (Å²) in [6, 6.07) is -0.162. The van der Waals surface area contributed by atoms with Crippen LogP contribution in [-0.4, -0.2) is 83.0 Å². The molecule has 4 rings (SSSR count). The van der Waals surface area contributed by atoms with Crippen LogP contribution in [0.2, 0.25) is 0 Å². The van der Waals surface area contributed by atoms with Crippen LogP contribution in [0.3, 0.4) is 0 Å². The third-order valence-corrected chi connectivity index (χ3v) is 10.6. The fourth-order valence-electron chi connectivity index (χ4n) is 6.00. The lowest BCUT2D eigenvalue weighted by Gasteiger charge is -2.43. The quantitative estimate of drug-likeness (QED) is 0.147. The maximum atomic E-state index is 13.8. The Labute approximate surface area is 234 Å². The third kappa shape index (κ3) is 10.3. The van der Waals surface area contributed by atoms with E-state index < -0.39 is 53.7 Å². The van der Waals surface area contributed by atoms with E-state index in [4.69, 9.17) is 16.3 Å². The van der Waals surface area contributed by atoms with Crippen molar-refractivity contribution in [2.75, 3.05) is 25.4 Å². The number of nitrogens with one attached hydrogen (secondary N) is 5. The van der Waals surface area contributed by atoms with Crippen LogP contribution in [0, 0.1) is 5.92 Å². The van der Waals surface area contributed by atoms with E-state index in [-0.39, 0.29) is 17.8 Å². The first-order chi connectivity index (χ1) is 18.5. The Morgan fingerprint density at radius 1 is 0.949 bits per heavy atom. The number of ether oxygens (including phenoxy) is 1. The number of halogens is 5. The Balaban J connectivity index is 1.26. The van der Waals surface area contributed by atoms with E-state index in [0.29, 0.717) is 57.5 Å². The maximum Gasteiger partial charge on any atom is 0.411 e. The van der Waals surface area contributed by atoms with E-state index in [1.54, 1.807) is 4.31 Å². The highest BCUT2D eigenvalue weighted by atomic mass is 35.5. The van der Waals surface area contributed by atoms with E-state index in [2.05, 4.69) is 26.6 Å². The molecule has 4 fully saturated rings. The van der Waals surface area contributed by atoms with E-state index >= 15 is 0 Å². The normalized spacial score (nSPS) is 36.1. The van der Waals surface area contributed by atoms with Gasteiger partial charge in [-0.2, -0.15) is 13.2 Å². The highest BCUT2D eigenvalue weighted by Crippen LogP contribution is 2.29. The molecule has 4 aliphatic rings. The summed E-state index contributed by atoms with van der Waals surface area (Å²) in [6.45, 7) is -0.630. The van der Waals surface area contributed by atoms with Gasteiger partial charge in [0.1, 0.15) is 41.5 Å². The summed E-state index contributed by atoms with van der Waals surface area (Å²) in [5.41, 5.74) is 0. The Bertz CT molecular complexity index is 806. The van der Waals surface area contributed by atoms with Crippen molar-refractivity contribution in [1.29, 1.82) is 0 Å². The van der Waals surface area contributed by atoms with Crippen LogP contribution < -0.4 is 26.6 Å². The molecule has 2 heterocycles. The molecule has 0 radical (unpaired) electrons. The van der Waals surface area contributed by atoms with Crippen LogP contribution in [0.4, 0.5) is 17.6 Å². The molecule has 7 atom stereocenters. The van der Waals surface area contributed by atoms with Crippen molar-refractivity contribution in [3.63, 3.8) is 0 Å². The summed E-state index contributed by atoms with van der Waals surface area (Å²) in [4.78, 5) is 0. The van der Waals surface area contributed by atoms with Gasteiger partial charge in [0, 0.05) is 25.2 Å². The second-order valence-corrected chi connectivity index (χ2v) is 14.0. The lowest BCUT2D eigenvalue weighted by molar-refractivity contribution is -0.199. The molecule has 15 heteroatoms. The van der Waals surface area contributed by atoms with Crippen molar-refractivity contribution in [2.45, 2.75) is 119 Å². The van der Waals surface area contributed by atoms with E-state index in [9.17, 15) is 26.3 Å². The van der Waals surface area contributed by atoms with Crippen LogP contribution >= 0.6 is 11.6 Å². The number of hydrogen-bond acceptors (Lipinski definition) is 8. The van der Waals surface area contributed by atoms with Gasteiger partial charge in [0.15, 0.2) is 6.35 Å². The highest BCUT2D eigenvalue weighted by molar-refractivity contribution is 7.95. The fraction of sp³-hybridized carbons (Fsp3) is 1.00. The van der Waals surface area contributed by atoms with Gasteiger partial charge in [0.25, 0.3) is 0 Å². The minimum atomic E-state index is -4.49.